The van der Waals surface area contributed by atoms with E-state index in [2.05, 4.69) is 29.3 Å². The van der Waals surface area contributed by atoms with E-state index in [0.29, 0.717) is 13.1 Å². The minimum absolute atomic E-state index is 0.0707. The maximum Gasteiger partial charge on any atom is 0.252 e. The highest BCUT2D eigenvalue weighted by Crippen LogP contribution is 2.37. The Morgan fingerprint density at radius 1 is 1.22 bits per heavy atom. The standard InChI is InChI=1S/C26H33N3O3/c1-17-13-23(32-5)18(2)12-20(17)14-29-15-22(25(31)28(3)4)26(16-29)11-10-19-8-6-7-9-21(19)24(30)27-26/h6-9,12-13,22H,10-11,14-16H2,1-5H3,(H,27,30)/t22-,26+/m1/s1. The number of benzene rings is 2. The molecule has 32 heavy (non-hydrogen) atoms. The summed E-state index contributed by atoms with van der Waals surface area (Å²) in [6.45, 7) is 6.15. The van der Waals surface area contributed by atoms with E-state index in [0.717, 1.165) is 41.8 Å². The fourth-order valence-corrected chi connectivity index (χ4v) is 5.29. The van der Waals surface area contributed by atoms with Crippen molar-refractivity contribution in [1.29, 1.82) is 0 Å². The van der Waals surface area contributed by atoms with Crippen LogP contribution >= 0.6 is 0 Å². The molecule has 1 saturated heterocycles. The number of nitrogens with one attached hydrogen (secondary N) is 1. The molecular formula is C26H33N3O3. The van der Waals surface area contributed by atoms with Crippen molar-refractivity contribution in [2.45, 2.75) is 38.8 Å². The number of carbonyl (C=O) groups is 2. The van der Waals surface area contributed by atoms with Crippen molar-refractivity contribution in [3.63, 3.8) is 0 Å². The number of fused-ring (bicyclic) bond motifs is 1. The Labute approximate surface area is 190 Å². The highest BCUT2D eigenvalue weighted by molar-refractivity contribution is 5.97. The number of nitrogens with zero attached hydrogens (tertiary/aromatic N) is 2. The Bertz CT molecular complexity index is 1050. The number of rotatable bonds is 4. The molecule has 170 valence electrons. The molecular weight excluding hydrogens is 402 g/mol. The average molecular weight is 436 g/mol. The fourth-order valence-electron chi connectivity index (χ4n) is 5.29. The van der Waals surface area contributed by atoms with Gasteiger partial charge >= 0.3 is 0 Å². The number of amides is 2. The summed E-state index contributed by atoms with van der Waals surface area (Å²) in [5.41, 5.74) is 4.69. The van der Waals surface area contributed by atoms with Crippen molar-refractivity contribution in [3.8, 4) is 5.75 Å². The summed E-state index contributed by atoms with van der Waals surface area (Å²) in [5, 5.41) is 3.31. The molecule has 1 spiro atoms. The van der Waals surface area contributed by atoms with Gasteiger partial charge < -0.3 is 15.0 Å². The predicted molar refractivity (Wildman–Crippen MR) is 125 cm³/mol. The van der Waals surface area contributed by atoms with Crippen molar-refractivity contribution in [1.82, 2.24) is 15.1 Å². The van der Waals surface area contributed by atoms with E-state index in [1.54, 1.807) is 26.1 Å². The minimum Gasteiger partial charge on any atom is -0.496 e. The molecule has 2 aliphatic rings. The lowest BCUT2D eigenvalue weighted by Crippen LogP contribution is -2.57. The van der Waals surface area contributed by atoms with Gasteiger partial charge in [-0.3, -0.25) is 14.5 Å². The Morgan fingerprint density at radius 2 is 1.97 bits per heavy atom. The van der Waals surface area contributed by atoms with Crippen LogP contribution in [0.3, 0.4) is 0 Å². The smallest absolute Gasteiger partial charge is 0.252 e. The van der Waals surface area contributed by atoms with E-state index in [9.17, 15) is 9.59 Å². The van der Waals surface area contributed by atoms with Crippen molar-refractivity contribution >= 4 is 11.8 Å². The van der Waals surface area contributed by atoms with Crippen molar-refractivity contribution in [2.24, 2.45) is 5.92 Å². The number of aryl methyl sites for hydroxylation is 3. The first kappa shape index (κ1) is 22.3. The first-order valence-electron chi connectivity index (χ1n) is 11.2. The molecule has 2 atom stereocenters. The molecule has 2 amide bonds. The molecule has 1 N–H and O–H groups in total. The summed E-state index contributed by atoms with van der Waals surface area (Å²) in [4.78, 5) is 30.4. The zero-order chi connectivity index (χ0) is 23.0. The molecule has 1 fully saturated rings. The van der Waals surface area contributed by atoms with Gasteiger partial charge in [-0.25, -0.2) is 0 Å². The molecule has 0 bridgehead atoms. The SMILES string of the molecule is COc1cc(C)c(CN2C[C@H](C(=O)N(C)C)[C@]3(CCc4ccccc4C(=O)N3)C2)cc1C. The Balaban J connectivity index is 1.65. The van der Waals surface area contributed by atoms with Crippen LogP contribution in [-0.2, 0) is 17.8 Å². The van der Waals surface area contributed by atoms with E-state index in [-0.39, 0.29) is 17.7 Å². The van der Waals surface area contributed by atoms with Crippen LogP contribution in [0.15, 0.2) is 36.4 Å². The number of carbonyl (C=O) groups excluding carboxylic acids is 2. The molecule has 6 heteroatoms. The van der Waals surface area contributed by atoms with Gasteiger partial charge in [0.05, 0.1) is 18.6 Å². The zero-order valence-electron chi connectivity index (χ0n) is 19.7. The van der Waals surface area contributed by atoms with Crippen LogP contribution in [0.25, 0.3) is 0 Å². The monoisotopic (exact) mass is 435 g/mol. The molecule has 0 saturated carbocycles. The van der Waals surface area contributed by atoms with Gasteiger partial charge in [-0.1, -0.05) is 24.3 Å². The number of ether oxygens (including phenoxy) is 1. The second kappa shape index (κ2) is 8.58. The lowest BCUT2D eigenvalue weighted by Gasteiger charge is -2.35. The van der Waals surface area contributed by atoms with E-state index in [1.807, 2.05) is 31.2 Å². The first-order valence-corrected chi connectivity index (χ1v) is 11.2. The van der Waals surface area contributed by atoms with Crippen LogP contribution in [0.5, 0.6) is 5.75 Å². The zero-order valence-corrected chi connectivity index (χ0v) is 19.7. The number of hydrogen-bond donors (Lipinski definition) is 1. The lowest BCUT2D eigenvalue weighted by molar-refractivity contribution is -0.134. The third-order valence-corrected chi connectivity index (χ3v) is 7.06. The predicted octanol–water partition coefficient (Wildman–Crippen LogP) is 2.95. The second-order valence-corrected chi connectivity index (χ2v) is 9.47. The molecule has 6 nitrogen and oxygen atoms in total. The van der Waals surface area contributed by atoms with Gasteiger partial charge in [0.2, 0.25) is 5.91 Å². The van der Waals surface area contributed by atoms with E-state index in [4.69, 9.17) is 4.74 Å². The van der Waals surface area contributed by atoms with Crippen LogP contribution in [0.2, 0.25) is 0 Å². The third-order valence-electron chi connectivity index (χ3n) is 7.06. The minimum atomic E-state index is -0.577. The second-order valence-electron chi connectivity index (χ2n) is 9.47. The Morgan fingerprint density at radius 3 is 2.69 bits per heavy atom. The average Bonchev–Trinajstić information content (AvgIpc) is 3.04. The van der Waals surface area contributed by atoms with Gasteiger partial charge in [-0.05, 0) is 61.1 Å². The number of likely N-dealkylation sites (tertiary alicyclic amines) is 1. The topological polar surface area (TPSA) is 61.9 Å². The van der Waals surface area contributed by atoms with E-state index < -0.39 is 5.54 Å². The summed E-state index contributed by atoms with van der Waals surface area (Å²) in [6, 6.07) is 12.0. The van der Waals surface area contributed by atoms with E-state index >= 15 is 0 Å². The van der Waals surface area contributed by atoms with Crippen molar-refractivity contribution in [2.75, 3.05) is 34.3 Å². The van der Waals surface area contributed by atoms with Crippen LogP contribution in [0, 0.1) is 19.8 Å². The molecule has 2 heterocycles. The Hall–Kier alpha value is -2.86. The van der Waals surface area contributed by atoms with Crippen molar-refractivity contribution < 1.29 is 14.3 Å². The van der Waals surface area contributed by atoms with Gasteiger partial charge in [-0.15, -0.1) is 0 Å². The lowest BCUT2D eigenvalue weighted by atomic mass is 9.81. The molecule has 4 rings (SSSR count). The highest BCUT2D eigenvalue weighted by atomic mass is 16.5. The van der Waals surface area contributed by atoms with Gasteiger partial charge in [-0.2, -0.15) is 0 Å². The van der Waals surface area contributed by atoms with Crippen LogP contribution in [0.1, 0.15) is 39.0 Å². The summed E-state index contributed by atoms with van der Waals surface area (Å²) in [6.07, 6.45) is 1.53. The van der Waals surface area contributed by atoms with Gasteiger partial charge in [0.15, 0.2) is 0 Å². The normalized spacial score (nSPS) is 22.9. The third kappa shape index (κ3) is 3.99. The molecule has 2 aromatic rings. The summed E-state index contributed by atoms with van der Waals surface area (Å²) < 4.78 is 5.46. The van der Waals surface area contributed by atoms with Gasteiger partial charge in [0, 0.05) is 39.3 Å². The highest BCUT2D eigenvalue weighted by Gasteiger charge is 2.52. The summed E-state index contributed by atoms with van der Waals surface area (Å²) in [5.74, 6) is 0.600. The molecule has 2 aromatic carbocycles. The maximum atomic E-state index is 13.2. The fraction of sp³-hybridized carbons (Fsp3) is 0.462. The summed E-state index contributed by atoms with van der Waals surface area (Å²) in [7, 11) is 5.28. The molecule has 0 unspecified atom stereocenters. The number of methoxy groups -OCH3 is 1. The van der Waals surface area contributed by atoms with Gasteiger partial charge in [0.25, 0.3) is 5.91 Å². The van der Waals surface area contributed by atoms with Crippen LogP contribution < -0.4 is 10.1 Å². The molecule has 2 aliphatic heterocycles. The molecule has 0 radical (unpaired) electrons. The van der Waals surface area contributed by atoms with Crippen LogP contribution in [-0.4, -0.2) is 61.4 Å². The van der Waals surface area contributed by atoms with Crippen molar-refractivity contribution in [3.05, 3.63) is 64.2 Å². The quantitative estimate of drug-likeness (QED) is 0.802. The largest absolute Gasteiger partial charge is 0.496 e. The van der Waals surface area contributed by atoms with Gasteiger partial charge in [0.1, 0.15) is 5.75 Å². The van der Waals surface area contributed by atoms with Crippen LogP contribution in [0.4, 0.5) is 0 Å². The van der Waals surface area contributed by atoms with E-state index in [1.165, 1.54) is 11.1 Å². The maximum absolute atomic E-state index is 13.2. The molecule has 0 aliphatic carbocycles. The Kier molecular flexibility index (Phi) is 5.99. The summed E-state index contributed by atoms with van der Waals surface area (Å²) >= 11 is 0. The molecule has 0 aromatic heterocycles. The first-order chi connectivity index (χ1) is 15.2. The number of hydrogen-bond acceptors (Lipinski definition) is 4.